The van der Waals surface area contributed by atoms with Crippen LogP contribution < -0.4 is 31.8 Å². The molecule has 0 heterocycles. The lowest BCUT2D eigenvalue weighted by Crippen LogP contribution is -2.47. The van der Waals surface area contributed by atoms with Gasteiger partial charge in [-0.1, -0.05) is 139 Å². The Hall–Kier alpha value is -3.64. The Balaban J connectivity index is 1.47. The molecule has 0 aliphatic heterocycles. The van der Waals surface area contributed by atoms with E-state index < -0.39 is 24.2 Å². The molecule has 4 heteroatoms. The lowest BCUT2D eigenvalue weighted by Gasteiger charge is -2.42. The van der Waals surface area contributed by atoms with Crippen LogP contribution in [-0.4, -0.2) is 8.32 Å². The van der Waals surface area contributed by atoms with E-state index in [-0.39, 0.29) is 0 Å². The zero-order valence-electron chi connectivity index (χ0n) is 40.4. The summed E-state index contributed by atoms with van der Waals surface area (Å²) in [4.78, 5) is 0. The van der Waals surface area contributed by atoms with Crippen LogP contribution in [0.4, 0.5) is 0 Å². The van der Waals surface area contributed by atoms with Crippen molar-refractivity contribution < 1.29 is 4.43 Å². The van der Waals surface area contributed by atoms with E-state index in [1.807, 2.05) is 0 Å². The molecule has 4 bridgehead atoms. The first-order valence-corrected chi connectivity index (χ1v) is 28.1. The van der Waals surface area contributed by atoms with E-state index in [4.69, 9.17) is 4.43 Å². The Bertz CT molecular complexity index is 2370. The number of rotatable bonds is 12. The van der Waals surface area contributed by atoms with Crippen LogP contribution in [-0.2, 0) is 36.7 Å². The standard InChI is InChI=1S/C58H72OP2Si/c1-37(2)62(38(3)4,39(5)6)59-36-52-34-51-30-28-48-27-29-49(53(33-48)60(55-40(7)19-15-20-41(55)8)56-42(9)21-16-22-43(56)10)31-32-50(52)35-54(51)61(57-44(11)23-17-24-45(57)12)58-46(13)25-18-26-47(58)14/h15-27,29,33-35,37-39H,28,30-32,36H2,1-14H3. The van der Waals surface area contributed by atoms with Crippen LogP contribution in [0.1, 0.15) is 114 Å². The topological polar surface area (TPSA) is 9.23 Å². The molecule has 6 aromatic rings. The minimum absolute atomic E-state index is 0.533. The fourth-order valence-electron chi connectivity index (χ4n) is 11.3. The molecule has 62 heavy (non-hydrogen) atoms. The predicted octanol–water partition coefficient (Wildman–Crippen LogP) is 13.2. The molecule has 0 saturated carbocycles. The lowest BCUT2D eigenvalue weighted by molar-refractivity contribution is 0.265. The predicted molar refractivity (Wildman–Crippen MR) is 279 cm³/mol. The molecule has 0 unspecified atom stereocenters. The van der Waals surface area contributed by atoms with Gasteiger partial charge in [-0.2, -0.15) is 0 Å². The van der Waals surface area contributed by atoms with Crippen molar-refractivity contribution in [2.45, 2.75) is 146 Å². The number of hydrogen-bond donors (Lipinski definition) is 0. The lowest BCUT2D eigenvalue weighted by atomic mass is 9.93. The monoisotopic (exact) mass is 874 g/mol. The third-order valence-corrected chi connectivity index (χ3v) is 26.7. The second-order valence-electron chi connectivity index (χ2n) is 19.5. The van der Waals surface area contributed by atoms with Crippen molar-refractivity contribution >= 4 is 56.0 Å². The average Bonchev–Trinajstić information content (AvgIpc) is 3.20. The second-order valence-corrected chi connectivity index (χ2v) is 29.0. The van der Waals surface area contributed by atoms with E-state index >= 15 is 0 Å². The molecule has 0 aromatic heterocycles. The number of aryl methyl sites for hydroxylation is 12. The van der Waals surface area contributed by atoms with Gasteiger partial charge in [-0.3, -0.25) is 0 Å². The number of hydrogen-bond acceptors (Lipinski definition) is 1. The van der Waals surface area contributed by atoms with Gasteiger partial charge >= 0.3 is 0 Å². The summed E-state index contributed by atoms with van der Waals surface area (Å²) in [6.07, 6.45) is 3.95. The van der Waals surface area contributed by atoms with E-state index in [1.54, 1.807) is 5.30 Å². The zero-order valence-corrected chi connectivity index (χ0v) is 43.2. The van der Waals surface area contributed by atoms with Gasteiger partial charge in [0.25, 0.3) is 0 Å². The van der Waals surface area contributed by atoms with Crippen LogP contribution in [0.25, 0.3) is 0 Å². The van der Waals surface area contributed by atoms with Crippen molar-refractivity contribution in [2.75, 3.05) is 0 Å². The van der Waals surface area contributed by atoms with Crippen molar-refractivity contribution in [1.82, 2.24) is 0 Å². The summed E-state index contributed by atoms with van der Waals surface area (Å²) in [5.74, 6) is 0. The molecule has 0 radical (unpaired) electrons. The third-order valence-electron chi connectivity index (χ3n) is 14.2. The molecule has 0 spiro atoms. The Labute approximate surface area is 379 Å². The molecular weight excluding hydrogens is 803 g/mol. The fourth-order valence-corrected chi connectivity index (χ4v) is 23.0. The van der Waals surface area contributed by atoms with Crippen LogP contribution in [0.15, 0.2) is 103 Å². The summed E-state index contributed by atoms with van der Waals surface area (Å²) in [7, 11) is -3.76. The molecule has 0 fully saturated rings. The molecule has 0 N–H and O–H groups in total. The summed E-state index contributed by atoms with van der Waals surface area (Å²) in [6.45, 7) is 33.9. The average molecular weight is 875 g/mol. The quantitative estimate of drug-likeness (QED) is 0.0879. The Morgan fingerprint density at radius 2 is 0.774 bits per heavy atom. The Kier molecular flexibility index (Phi) is 14.4. The zero-order chi connectivity index (χ0) is 44.6. The van der Waals surface area contributed by atoms with Crippen molar-refractivity contribution in [2.24, 2.45) is 0 Å². The second kappa shape index (κ2) is 19.2. The van der Waals surface area contributed by atoms with E-state index in [2.05, 4.69) is 200 Å². The highest BCUT2D eigenvalue weighted by Gasteiger charge is 2.45. The summed E-state index contributed by atoms with van der Waals surface area (Å²) in [5.41, 5.74) is 20.1. The Morgan fingerprint density at radius 3 is 1.16 bits per heavy atom. The fraction of sp³-hybridized carbons (Fsp3) is 0.379. The largest absolute Gasteiger partial charge is 0.412 e. The van der Waals surface area contributed by atoms with Gasteiger partial charge in [0.2, 0.25) is 8.32 Å². The summed E-state index contributed by atoms with van der Waals surface area (Å²) in [5, 5.41) is 9.17. The van der Waals surface area contributed by atoms with E-state index in [1.165, 1.54) is 98.8 Å². The maximum Gasteiger partial charge on any atom is 0.200 e. The van der Waals surface area contributed by atoms with Gasteiger partial charge in [0, 0.05) is 0 Å². The van der Waals surface area contributed by atoms with Crippen LogP contribution in [0.3, 0.4) is 0 Å². The molecule has 10 rings (SSSR count). The maximum absolute atomic E-state index is 7.54. The first-order chi connectivity index (χ1) is 29.5. The van der Waals surface area contributed by atoms with Crippen LogP contribution in [0.2, 0.25) is 16.6 Å². The first-order valence-electron chi connectivity index (χ1n) is 23.3. The van der Waals surface area contributed by atoms with Crippen molar-refractivity contribution in [3.05, 3.63) is 175 Å². The molecule has 4 aliphatic rings. The molecular formula is C58H72OP2Si. The molecule has 6 aromatic carbocycles. The highest BCUT2D eigenvalue weighted by atomic mass is 31.1. The van der Waals surface area contributed by atoms with E-state index in [0.29, 0.717) is 23.2 Å². The van der Waals surface area contributed by atoms with Crippen molar-refractivity contribution in [3.63, 3.8) is 0 Å². The minimum Gasteiger partial charge on any atom is -0.412 e. The SMILES string of the molecule is Cc1cccc(C)c1P(c1cc2c(CO[Si](C(C)C)(C(C)C)C(C)C)cc1CCc1ccc(c(P(c3c(C)cccc3C)c3c(C)cccc3C)c1)CC2)c1c(C)cccc1C. The molecule has 0 amide bonds. The van der Waals surface area contributed by atoms with Crippen LogP contribution in [0, 0.1) is 55.4 Å². The van der Waals surface area contributed by atoms with Crippen LogP contribution >= 0.6 is 15.8 Å². The van der Waals surface area contributed by atoms with Gasteiger partial charge in [0.05, 0.1) is 6.61 Å². The molecule has 4 aliphatic carbocycles. The molecule has 324 valence electrons. The molecule has 1 nitrogen and oxygen atoms in total. The van der Waals surface area contributed by atoms with Gasteiger partial charge in [-0.25, -0.2) is 0 Å². The summed E-state index contributed by atoms with van der Waals surface area (Å²) < 4.78 is 7.54. The van der Waals surface area contributed by atoms with E-state index in [0.717, 1.165) is 25.7 Å². The van der Waals surface area contributed by atoms with Gasteiger partial charge in [-0.05, 0) is 224 Å². The minimum atomic E-state index is -2.13. The summed E-state index contributed by atoms with van der Waals surface area (Å²) >= 11 is 0. The van der Waals surface area contributed by atoms with Gasteiger partial charge in [-0.15, -0.1) is 0 Å². The molecule has 0 saturated heterocycles. The third kappa shape index (κ3) is 8.89. The summed E-state index contributed by atoms with van der Waals surface area (Å²) in [6, 6.07) is 40.6. The van der Waals surface area contributed by atoms with Gasteiger partial charge in [0.15, 0.2) is 0 Å². The Morgan fingerprint density at radius 1 is 0.419 bits per heavy atom. The van der Waals surface area contributed by atoms with Crippen LogP contribution in [0.5, 0.6) is 0 Å². The maximum atomic E-state index is 7.54. The first kappa shape index (κ1) is 46.4. The normalized spacial score (nSPS) is 13.3. The van der Waals surface area contributed by atoms with Gasteiger partial charge in [0.1, 0.15) is 0 Å². The highest BCUT2D eigenvalue weighted by Crippen LogP contribution is 2.45. The van der Waals surface area contributed by atoms with Crippen molar-refractivity contribution in [3.8, 4) is 0 Å². The van der Waals surface area contributed by atoms with Crippen molar-refractivity contribution in [1.29, 1.82) is 0 Å². The van der Waals surface area contributed by atoms with E-state index in [9.17, 15) is 0 Å². The number of benzene rings is 6. The highest BCUT2D eigenvalue weighted by molar-refractivity contribution is 7.80. The van der Waals surface area contributed by atoms with Gasteiger partial charge < -0.3 is 4.43 Å². The smallest absolute Gasteiger partial charge is 0.200 e. The molecule has 0 atom stereocenters.